The Hall–Kier alpha value is -1.94. The molecule has 4 nitrogen and oxygen atoms in total. The zero-order chi connectivity index (χ0) is 14.7. The highest BCUT2D eigenvalue weighted by molar-refractivity contribution is 6.05. The van der Waals surface area contributed by atoms with E-state index in [2.05, 4.69) is 22.5 Å². The van der Waals surface area contributed by atoms with Crippen molar-refractivity contribution < 1.29 is 4.79 Å². The number of hydrogen-bond acceptors (Lipinski definition) is 3. The molecular weight excluding hydrogens is 262 g/mol. The highest BCUT2D eigenvalue weighted by atomic mass is 16.2. The fraction of sp³-hybridized carbons (Fsp3) is 0.412. The Kier molecular flexibility index (Phi) is 3.88. The molecule has 0 bridgehead atoms. The summed E-state index contributed by atoms with van der Waals surface area (Å²) in [5.41, 5.74) is 0.439. The Balaban J connectivity index is 1.89. The summed E-state index contributed by atoms with van der Waals surface area (Å²) in [6.07, 6.45) is 7.42. The van der Waals surface area contributed by atoms with Gasteiger partial charge in [0, 0.05) is 17.8 Å². The van der Waals surface area contributed by atoms with Gasteiger partial charge in [-0.3, -0.25) is 9.78 Å². The standard InChI is InChI=1S/C17H21N3O/c1-2-8-17(9-4-10-19-17)16(21)20-15-6-3-5-13-7-11-18-12-14(13)15/h3,5-7,11-12,19H,2,4,8-10H2,1H3,(H,20,21). The number of fused-ring (bicyclic) bond motifs is 1. The average Bonchev–Trinajstić information content (AvgIpc) is 2.98. The summed E-state index contributed by atoms with van der Waals surface area (Å²) >= 11 is 0. The second kappa shape index (κ2) is 5.82. The molecule has 1 aliphatic rings. The molecule has 0 radical (unpaired) electrons. The summed E-state index contributed by atoms with van der Waals surface area (Å²) in [7, 11) is 0. The third-order valence-electron chi connectivity index (χ3n) is 4.29. The summed E-state index contributed by atoms with van der Waals surface area (Å²) < 4.78 is 0. The second-order valence-corrected chi connectivity index (χ2v) is 5.72. The molecule has 1 aliphatic heterocycles. The van der Waals surface area contributed by atoms with E-state index < -0.39 is 5.54 Å². The van der Waals surface area contributed by atoms with E-state index in [1.807, 2.05) is 24.3 Å². The largest absolute Gasteiger partial charge is 0.324 e. The van der Waals surface area contributed by atoms with Gasteiger partial charge in [0.05, 0.1) is 11.2 Å². The van der Waals surface area contributed by atoms with Crippen molar-refractivity contribution in [2.75, 3.05) is 11.9 Å². The quantitative estimate of drug-likeness (QED) is 0.906. The van der Waals surface area contributed by atoms with Crippen molar-refractivity contribution in [2.45, 2.75) is 38.1 Å². The lowest BCUT2D eigenvalue weighted by atomic mass is 9.90. The topological polar surface area (TPSA) is 54.0 Å². The van der Waals surface area contributed by atoms with Crippen molar-refractivity contribution in [3.63, 3.8) is 0 Å². The van der Waals surface area contributed by atoms with Gasteiger partial charge in [0.15, 0.2) is 0 Å². The monoisotopic (exact) mass is 283 g/mol. The van der Waals surface area contributed by atoms with Gasteiger partial charge in [-0.1, -0.05) is 25.5 Å². The number of anilines is 1. The molecule has 1 saturated heterocycles. The first-order valence-corrected chi connectivity index (χ1v) is 7.64. The average molecular weight is 283 g/mol. The molecule has 2 heterocycles. The van der Waals surface area contributed by atoms with Crippen molar-refractivity contribution in [2.24, 2.45) is 0 Å². The van der Waals surface area contributed by atoms with Gasteiger partial charge in [-0.25, -0.2) is 0 Å². The molecule has 3 rings (SSSR count). The van der Waals surface area contributed by atoms with Crippen LogP contribution in [0.15, 0.2) is 36.7 Å². The minimum Gasteiger partial charge on any atom is -0.324 e. The number of carbonyl (C=O) groups excluding carboxylic acids is 1. The predicted octanol–water partition coefficient (Wildman–Crippen LogP) is 3.10. The fourth-order valence-electron chi connectivity index (χ4n) is 3.22. The number of nitrogens with zero attached hydrogens (tertiary/aromatic N) is 1. The lowest BCUT2D eigenvalue weighted by molar-refractivity contribution is -0.122. The molecule has 1 amide bonds. The van der Waals surface area contributed by atoms with Crippen LogP contribution in [0.4, 0.5) is 5.69 Å². The highest BCUT2D eigenvalue weighted by Crippen LogP contribution is 2.28. The summed E-state index contributed by atoms with van der Waals surface area (Å²) in [4.78, 5) is 16.9. The van der Waals surface area contributed by atoms with Crippen molar-refractivity contribution in [3.8, 4) is 0 Å². The van der Waals surface area contributed by atoms with Gasteiger partial charge in [-0.15, -0.1) is 0 Å². The smallest absolute Gasteiger partial charge is 0.244 e. The molecule has 2 N–H and O–H groups in total. The molecule has 1 aromatic heterocycles. The third-order valence-corrected chi connectivity index (χ3v) is 4.29. The van der Waals surface area contributed by atoms with Crippen molar-refractivity contribution in [1.29, 1.82) is 0 Å². The van der Waals surface area contributed by atoms with E-state index in [0.29, 0.717) is 0 Å². The number of pyridine rings is 1. The number of amides is 1. The number of carbonyl (C=O) groups is 1. The van der Waals surface area contributed by atoms with Crippen LogP contribution in [0.1, 0.15) is 32.6 Å². The van der Waals surface area contributed by atoms with E-state index in [9.17, 15) is 4.79 Å². The predicted molar refractivity (Wildman–Crippen MR) is 85.2 cm³/mol. The molecule has 1 unspecified atom stereocenters. The van der Waals surface area contributed by atoms with Crippen LogP contribution in [0.3, 0.4) is 0 Å². The van der Waals surface area contributed by atoms with Gasteiger partial charge in [0.1, 0.15) is 0 Å². The van der Waals surface area contributed by atoms with Crippen LogP contribution in [0, 0.1) is 0 Å². The molecule has 21 heavy (non-hydrogen) atoms. The van der Waals surface area contributed by atoms with Crippen LogP contribution < -0.4 is 10.6 Å². The molecule has 110 valence electrons. The van der Waals surface area contributed by atoms with Gasteiger partial charge in [0.25, 0.3) is 0 Å². The fourth-order valence-corrected chi connectivity index (χ4v) is 3.22. The van der Waals surface area contributed by atoms with Crippen molar-refractivity contribution in [3.05, 3.63) is 36.7 Å². The molecule has 1 atom stereocenters. The van der Waals surface area contributed by atoms with E-state index in [1.165, 1.54) is 0 Å². The molecule has 1 fully saturated rings. The number of hydrogen-bond donors (Lipinski definition) is 2. The Morgan fingerprint density at radius 1 is 1.43 bits per heavy atom. The summed E-state index contributed by atoms with van der Waals surface area (Å²) in [5, 5.41) is 8.60. The van der Waals surface area contributed by atoms with E-state index >= 15 is 0 Å². The van der Waals surface area contributed by atoms with Gasteiger partial charge in [-0.05, 0) is 43.3 Å². The summed E-state index contributed by atoms with van der Waals surface area (Å²) in [6, 6.07) is 7.89. The molecule has 0 saturated carbocycles. The van der Waals surface area contributed by atoms with Crippen LogP contribution in [0.2, 0.25) is 0 Å². The Morgan fingerprint density at radius 3 is 3.10 bits per heavy atom. The third kappa shape index (κ3) is 2.63. The maximum atomic E-state index is 12.8. The van der Waals surface area contributed by atoms with E-state index in [4.69, 9.17) is 0 Å². The minimum absolute atomic E-state index is 0.0817. The number of aromatic nitrogens is 1. The molecule has 2 aromatic rings. The van der Waals surface area contributed by atoms with E-state index in [0.717, 1.165) is 48.7 Å². The van der Waals surface area contributed by atoms with Crippen LogP contribution in [0.25, 0.3) is 10.8 Å². The lowest BCUT2D eigenvalue weighted by Gasteiger charge is -2.28. The SMILES string of the molecule is CCCC1(C(=O)Nc2cccc3ccncc23)CCCN1. The van der Waals surface area contributed by atoms with Gasteiger partial charge in [0.2, 0.25) is 5.91 Å². The second-order valence-electron chi connectivity index (χ2n) is 5.72. The molecular formula is C17H21N3O. The van der Waals surface area contributed by atoms with E-state index in [-0.39, 0.29) is 5.91 Å². The Labute approximate surface area is 125 Å². The zero-order valence-electron chi connectivity index (χ0n) is 12.4. The van der Waals surface area contributed by atoms with Crippen LogP contribution in [-0.2, 0) is 4.79 Å². The molecule has 4 heteroatoms. The molecule has 0 spiro atoms. The minimum atomic E-state index is -0.404. The van der Waals surface area contributed by atoms with Gasteiger partial charge in [-0.2, -0.15) is 0 Å². The number of rotatable bonds is 4. The zero-order valence-corrected chi connectivity index (χ0v) is 12.4. The van der Waals surface area contributed by atoms with Gasteiger partial charge < -0.3 is 10.6 Å². The first kappa shape index (κ1) is 14.0. The van der Waals surface area contributed by atoms with Crippen LogP contribution >= 0.6 is 0 Å². The van der Waals surface area contributed by atoms with Crippen molar-refractivity contribution >= 4 is 22.4 Å². The van der Waals surface area contributed by atoms with E-state index in [1.54, 1.807) is 12.4 Å². The number of benzene rings is 1. The van der Waals surface area contributed by atoms with Crippen LogP contribution in [-0.4, -0.2) is 23.0 Å². The highest BCUT2D eigenvalue weighted by Gasteiger charge is 2.39. The van der Waals surface area contributed by atoms with Gasteiger partial charge >= 0.3 is 0 Å². The summed E-state index contributed by atoms with van der Waals surface area (Å²) in [5.74, 6) is 0.0817. The molecule has 0 aliphatic carbocycles. The lowest BCUT2D eigenvalue weighted by Crippen LogP contribution is -2.50. The first-order valence-electron chi connectivity index (χ1n) is 7.64. The summed E-state index contributed by atoms with van der Waals surface area (Å²) in [6.45, 7) is 3.04. The Bertz CT molecular complexity index is 642. The first-order chi connectivity index (χ1) is 10.2. The Morgan fingerprint density at radius 2 is 2.33 bits per heavy atom. The van der Waals surface area contributed by atoms with Crippen molar-refractivity contribution in [1.82, 2.24) is 10.3 Å². The number of nitrogens with one attached hydrogen (secondary N) is 2. The molecule has 1 aromatic carbocycles. The van der Waals surface area contributed by atoms with Crippen LogP contribution in [0.5, 0.6) is 0 Å². The maximum absolute atomic E-state index is 12.8. The maximum Gasteiger partial charge on any atom is 0.244 e. The normalized spacial score (nSPS) is 21.6.